The van der Waals surface area contributed by atoms with Crippen LogP contribution in [0, 0.1) is 5.92 Å². The van der Waals surface area contributed by atoms with Crippen molar-refractivity contribution in [1.82, 2.24) is 15.1 Å². The van der Waals surface area contributed by atoms with E-state index in [1.165, 1.54) is 12.8 Å². The molecule has 5 nitrogen and oxygen atoms in total. The highest BCUT2D eigenvalue weighted by molar-refractivity contribution is 5.79. The Morgan fingerprint density at radius 2 is 1.85 bits per heavy atom. The van der Waals surface area contributed by atoms with Crippen molar-refractivity contribution in [3.63, 3.8) is 0 Å². The molecule has 2 amide bonds. The van der Waals surface area contributed by atoms with E-state index in [-0.39, 0.29) is 17.7 Å². The van der Waals surface area contributed by atoms with Gasteiger partial charge in [0, 0.05) is 26.6 Å². The summed E-state index contributed by atoms with van der Waals surface area (Å²) in [5.41, 5.74) is 0. The Morgan fingerprint density at radius 3 is 2.40 bits per heavy atom. The number of unbranched alkanes of at least 4 members (excludes halogenated alkanes) is 2. The average molecular weight is 283 g/mol. The lowest BCUT2D eigenvalue weighted by Gasteiger charge is -2.31. The lowest BCUT2D eigenvalue weighted by Crippen LogP contribution is -2.44. The Labute approximate surface area is 122 Å². The first-order valence-corrected chi connectivity index (χ1v) is 7.74. The van der Waals surface area contributed by atoms with E-state index < -0.39 is 0 Å². The number of nitrogens with zero attached hydrogens (tertiary/aromatic N) is 2. The van der Waals surface area contributed by atoms with Crippen LogP contribution in [-0.4, -0.2) is 61.9 Å². The first-order valence-electron chi connectivity index (χ1n) is 7.74. The quantitative estimate of drug-likeness (QED) is 0.712. The van der Waals surface area contributed by atoms with Crippen LogP contribution in [0.15, 0.2) is 0 Å². The van der Waals surface area contributed by atoms with Crippen molar-refractivity contribution in [3.05, 3.63) is 0 Å². The van der Waals surface area contributed by atoms with E-state index in [0.29, 0.717) is 6.54 Å². The van der Waals surface area contributed by atoms with Crippen LogP contribution >= 0.6 is 0 Å². The SMILES string of the molecule is CCCCCNC(=O)C1CCN(CC(=O)N(C)C)CC1. The summed E-state index contributed by atoms with van der Waals surface area (Å²) in [4.78, 5) is 27.4. The summed E-state index contributed by atoms with van der Waals surface area (Å²) in [5, 5.41) is 3.03. The molecule has 1 aliphatic heterocycles. The van der Waals surface area contributed by atoms with Crippen LogP contribution in [0.1, 0.15) is 39.0 Å². The smallest absolute Gasteiger partial charge is 0.236 e. The predicted octanol–water partition coefficient (Wildman–Crippen LogP) is 1.09. The van der Waals surface area contributed by atoms with E-state index in [2.05, 4.69) is 17.1 Å². The number of likely N-dealkylation sites (N-methyl/N-ethyl adjacent to an activating group) is 1. The van der Waals surface area contributed by atoms with Gasteiger partial charge in [0.25, 0.3) is 0 Å². The Kier molecular flexibility index (Phi) is 7.59. The zero-order valence-corrected chi connectivity index (χ0v) is 13.2. The fraction of sp³-hybridized carbons (Fsp3) is 0.867. The number of carbonyl (C=O) groups excluding carboxylic acids is 2. The van der Waals surface area contributed by atoms with Crippen LogP contribution in [0.2, 0.25) is 0 Å². The van der Waals surface area contributed by atoms with Gasteiger partial charge in [-0.25, -0.2) is 0 Å². The van der Waals surface area contributed by atoms with E-state index in [0.717, 1.165) is 38.9 Å². The van der Waals surface area contributed by atoms with Crippen molar-refractivity contribution in [1.29, 1.82) is 0 Å². The third-order valence-corrected chi connectivity index (χ3v) is 3.90. The summed E-state index contributed by atoms with van der Waals surface area (Å²) in [6.45, 7) is 5.11. The van der Waals surface area contributed by atoms with Gasteiger partial charge in [-0.15, -0.1) is 0 Å². The number of carbonyl (C=O) groups is 2. The molecule has 0 spiro atoms. The van der Waals surface area contributed by atoms with Gasteiger partial charge in [0.15, 0.2) is 0 Å². The predicted molar refractivity (Wildman–Crippen MR) is 80.4 cm³/mol. The maximum absolute atomic E-state index is 12.0. The molecule has 0 aromatic carbocycles. The molecule has 0 saturated carbocycles. The fourth-order valence-corrected chi connectivity index (χ4v) is 2.42. The van der Waals surface area contributed by atoms with Crippen molar-refractivity contribution in [3.8, 4) is 0 Å². The number of amides is 2. The molecule has 0 aromatic heterocycles. The molecular formula is C15H29N3O2. The molecule has 0 atom stereocenters. The van der Waals surface area contributed by atoms with Crippen LogP contribution in [0.5, 0.6) is 0 Å². The first-order chi connectivity index (χ1) is 9.54. The fourth-order valence-electron chi connectivity index (χ4n) is 2.42. The van der Waals surface area contributed by atoms with E-state index in [1.54, 1.807) is 19.0 Å². The Bertz CT molecular complexity index is 310. The maximum atomic E-state index is 12.0. The zero-order valence-electron chi connectivity index (χ0n) is 13.2. The van der Waals surface area contributed by atoms with Crippen LogP contribution in [0.25, 0.3) is 0 Å². The van der Waals surface area contributed by atoms with Crippen LogP contribution in [-0.2, 0) is 9.59 Å². The molecule has 0 unspecified atom stereocenters. The largest absolute Gasteiger partial charge is 0.356 e. The van der Waals surface area contributed by atoms with Gasteiger partial charge >= 0.3 is 0 Å². The lowest BCUT2D eigenvalue weighted by molar-refractivity contribution is -0.130. The van der Waals surface area contributed by atoms with Gasteiger partial charge in [0.1, 0.15) is 0 Å². The average Bonchev–Trinajstić information content (AvgIpc) is 2.44. The summed E-state index contributed by atoms with van der Waals surface area (Å²) in [5.74, 6) is 0.453. The Hall–Kier alpha value is -1.10. The van der Waals surface area contributed by atoms with E-state index in [4.69, 9.17) is 0 Å². The monoisotopic (exact) mass is 283 g/mol. The zero-order chi connectivity index (χ0) is 15.0. The highest BCUT2D eigenvalue weighted by Crippen LogP contribution is 2.17. The topological polar surface area (TPSA) is 52.7 Å². The van der Waals surface area contributed by atoms with Gasteiger partial charge in [-0.2, -0.15) is 0 Å². The molecule has 1 heterocycles. The van der Waals surface area contributed by atoms with E-state index >= 15 is 0 Å². The number of hydrogen-bond acceptors (Lipinski definition) is 3. The molecule has 116 valence electrons. The minimum absolute atomic E-state index is 0.127. The molecule has 1 rings (SSSR count). The second-order valence-corrected chi connectivity index (χ2v) is 5.84. The Morgan fingerprint density at radius 1 is 1.20 bits per heavy atom. The molecule has 5 heteroatoms. The van der Waals surface area contributed by atoms with Gasteiger partial charge in [0.05, 0.1) is 6.54 Å². The second kappa shape index (κ2) is 8.95. The minimum Gasteiger partial charge on any atom is -0.356 e. The molecule has 20 heavy (non-hydrogen) atoms. The molecule has 1 N–H and O–H groups in total. The number of piperidine rings is 1. The molecule has 0 bridgehead atoms. The van der Waals surface area contributed by atoms with Crippen molar-refractivity contribution >= 4 is 11.8 Å². The molecule has 0 aromatic rings. The van der Waals surface area contributed by atoms with Gasteiger partial charge in [0.2, 0.25) is 11.8 Å². The molecule has 0 aliphatic carbocycles. The van der Waals surface area contributed by atoms with E-state index in [9.17, 15) is 9.59 Å². The number of likely N-dealkylation sites (tertiary alicyclic amines) is 1. The van der Waals surface area contributed by atoms with Crippen LogP contribution in [0.3, 0.4) is 0 Å². The summed E-state index contributed by atoms with van der Waals surface area (Å²) in [7, 11) is 3.55. The van der Waals surface area contributed by atoms with Crippen molar-refractivity contribution in [2.45, 2.75) is 39.0 Å². The summed E-state index contributed by atoms with van der Waals surface area (Å²) in [6.07, 6.45) is 5.14. The Balaban J connectivity index is 2.21. The van der Waals surface area contributed by atoms with Gasteiger partial charge < -0.3 is 10.2 Å². The van der Waals surface area contributed by atoms with Gasteiger partial charge in [-0.05, 0) is 32.4 Å². The first kappa shape index (κ1) is 17.0. The molecule has 0 radical (unpaired) electrons. The normalized spacial score (nSPS) is 16.9. The maximum Gasteiger partial charge on any atom is 0.236 e. The van der Waals surface area contributed by atoms with Crippen LogP contribution < -0.4 is 5.32 Å². The summed E-state index contributed by atoms with van der Waals surface area (Å²) in [6, 6.07) is 0. The molecular weight excluding hydrogens is 254 g/mol. The van der Waals surface area contributed by atoms with Crippen molar-refractivity contribution < 1.29 is 9.59 Å². The molecule has 1 fully saturated rings. The molecule has 1 saturated heterocycles. The van der Waals surface area contributed by atoms with E-state index in [1.807, 2.05) is 0 Å². The third kappa shape index (κ3) is 5.90. The highest BCUT2D eigenvalue weighted by atomic mass is 16.2. The standard InChI is InChI=1S/C15H29N3O2/c1-4-5-6-9-16-15(20)13-7-10-18(11-8-13)12-14(19)17(2)3/h13H,4-12H2,1-3H3,(H,16,20). The molecule has 1 aliphatic rings. The van der Waals surface area contributed by atoms with Crippen LogP contribution in [0.4, 0.5) is 0 Å². The number of rotatable bonds is 7. The van der Waals surface area contributed by atoms with Gasteiger partial charge in [-0.1, -0.05) is 19.8 Å². The summed E-state index contributed by atoms with van der Waals surface area (Å²) < 4.78 is 0. The number of nitrogens with one attached hydrogen (secondary N) is 1. The van der Waals surface area contributed by atoms with Crippen molar-refractivity contribution in [2.75, 3.05) is 40.3 Å². The van der Waals surface area contributed by atoms with Gasteiger partial charge in [-0.3, -0.25) is 14.5 Å². The summed E-state index contributed by atoms with van der Waals surface area (Å²) >= 11 is 0. The minimum atomic E-state index is 0.127. The number of hydrogen-bond donors (Lipinski definition) is 1. The third-order valence-electron chi connectivity index (χ3n) is 3.90. The van der Waals surface area contributed by atoms with Crippen molar-refractivity contribution in [2.24, 2.45) is 5.92 Å². The second-order valence-electron chi connectivity index (χ2n) is 5.84. The lowest BCUT2D eigenvalue weighted by atomic mass is 9.96. The highest BCUT2D eigenvalue weighted by Gasteiger charge is 2.25.